The van der Waals surface area contributed by atoms with E-state index in [1.807, 2.05) is 0 Å². The Bertz CT molecular complexity index is 725. The molecular formula is C27H52O3SSi2. The van der Waals surface area contributed by atoms with Gasteiger partial charge >= 0.3 is 0 Å². The van der Waals surface area contributed by atoms with Crippen LogP contribution in [0.5, 0.6) is 0 Å². The van der Waals surface area contributed by atoms with E-state index in [0.29, 0.717) is 29.1 Å². The monoisotopic (exact) mass is 512 g/mol. The Balaban J connectivity index is 2.06. The second-order valence-corrected chi connectivity index (χ2v) is 24.1. The van der Waals surface area contributed by atoms with E-state index in [1.54, 1.807) is 11.3 Å². The lowest BCUT2D eigenvalue weighted by molar-refractivity contribution is -0.000855. The molecule has 1 saturated carbocycles. The first-order chi connectivity index (χ1) is 15.1. The van der Waals surface area contributed by atoms with E-state index in [4.69, 9.17) is 8.85 Å². The normalized spacial score (nSPS) is 17.9. The van der Waals surface area contributed by atoms with Crippen LogP contribution in [0.2, 0.25) is 34.8 Å². The maximum Gasteiger partial charge on any atom is 0.200 e. The van der Waals surface area contributed by atoms with Gasteiger partial charge in [-0.2, -0.15) is 0 Å². The fraction of sp³-hybridized carbons (Fsp3) is 0.852. The van der Waals surface area contributed by atoms with Gasteiger partial charge in [0, 0.05) is 11.5 Å². The summed E-state index contributed by atoms with van der Waals surface area (Å²) in [5.74, 6) is 0.393. The summed E-state index contributed by atoms with van der Waals surface area (Å²) in [5.41, 5.74) is 2.14. The first-order valence-electron chi connectivity index (χ1n) is 13.2. The number of thiophene rings is 1. The highest BCUT2D eigenvalue weighted by Crippen LogP contribution is 2.50. The molecule has 1 atom stereocenters. The van der Waals surface area contributed by atoms with Gasteiger partial charge in [-0.3, -0.25) is 0 Å². The van der Waals surface area contributed by atoms with Crippen LogP contribution in [0, 0.1) is 5.92 Å². The Labute approximate surface area is 210 Å². The van der Waals surface area contributed by atoms with E-state index in [0.717, 1.165) is 37.9 Å². The number of hydrogen-bond acceptors (Lipinski definition) is 4. The van der Waals surface area contributed by atoms with Crippen molar-refractivity contribution in [1.82, 2.24) is 0 Å². The van der Waals surface area contributed by atoms with Crippen molar-refractivity contribution in [3.63, 3.8) is 0 Å². The van der Waals surface area contributed by atoms with E-state index < -0.39 is 22.2 Å². The maximum atomic E-state index is 11.7. The zero-order chi connectivity index (χ0) is 25.2. The lowest BCUT2D eigenvalue weighted by Gasteiger charge is -2.42. The minimum atomic E-state index is -1.88. The predicted octanol–water partition coefficient (Wildman–Crippen LogP) is 8.84. The maximum absolute atomic E-state index is 11.7. The fourth-order valence-electron chi connectivity index (χ4n) is 5.41. The van der Waals surface area contributed by atoms with Crippen LogP contribution in [-0.4, -0.2) is 28.3 Å². The van der Waals surface area contributed by atoms with Gasteiger partial charge in [-0.05, 0) is 83.4 Å². The van der Waals surface area contributed by atoms with Crippen molar-refractivity contribution in [3.8, 4) is 0 Å². The first kappa shape index (κ1) is 29.2. The van der Waals surface area contributed by atoms with Crippen molar-refractivity contribution >= 4 is 28.0 Å². The van der Waals surface area contributed by atoms with E-state index in [1.165, 1.54) is 4.88 Å². The minimum absolute atomic E-state index is 0.225. The van der Waals surface area contributed by atoms with Crippen LogP contribution in [-0.2, 0) is 21.1 Å². The molecule has 0 radical (unpaired) electrons. The van der Waals surface area contributed by atoms with E-state index in [-0.39, 0.29) is 5.04 Å². The first-order valence-corrected chi connectivity index (χ1v) is 19.1. The van der Waals surface area contributed by atoms with Gasteiger partial charge in [-0.15, -0.1) is 11.3 Å². The molecule has 0 unspecified atom stereocenters. The fourth-order valence-corrected chi connectivity index (χ4v) is 12.9. The summed E-state index contributed by atoms with van der Waals surface area (Å²) in [4.78, 5) is 1.25. The molecule has 1 aromatic rings. The standard InChI is InChI=1S/C27H52O3SSi2/c1-20(2)33(21(3)4,22(5)6)30-18-25-17-24(19-31-25)27(28,23-13-14-23)15-12-16-29-32(10,11)26(7,8)9/h17,19-23,28H,12-16,18H2,1-11H3/t27-/m1/s1. The molecule has 1 aromatic heterocycles. The average molecular weight is 513 g/mol. The SMILES string of the molecule is CC(C)[Si](OCc1cc([C@@](O)(CCCO[Si](C)(C)C(C)(C)C)C2CC2)cs1)(C(C)C)C(C)C. The Kier molecular flexibility index (Phi) is 9.71. The molecule has 0 saturated heterocycles. The summed E-state index contributed by atoms with van der Waals surface area (Å²) in [5, 5.41) is 14.2. The zero-order valence-corrected chi connectivity index (χ0v) is 26.2. The molecule has 3 nitrogen and oxygen atoms in total. The van der Waals surface area contributed by atoms with Crippen molar-refractivity contribution in [2.45, 2.75) is 135 Å². The van der Waals surface area contributed by atoms with Crippen molar-refractivity contribution in [2.24, 2.45) is 5.92 Å². The van der Waals surface area contributed by atoms with Crippen molar-refractivity contribution in [2.75, 3.05) is 6.61 Å². The molecular weight excluding hydrogens is 461 g/mol. The van der Waals surface area contributed by atoms with Crippen LogP contribution in [0.1, 0.15) is 98.4 Å². The van der Waals surface area contributed by atoms with Gasteiger partial charge in [0.25, 0.3) is 0 Å². The van der Waals surface area contributed by atoms with Crippen LogP contribution < -0.4 is 0 Å². The summed E-state index contributed by atoms with van der Waals surface area (Å²) in [6, 6.07) is 2.23. The summed E-state index contributed by atoms with van der Waals surface area (Å²) < 4.78 is 13.2. The highest BCUT2D eigenvalue weighted by molar-refractivity contribution is 7.10. The van der Waals surface area contributed by atoms with Gasteiger partial charge in [-0.25, -0.2) is 0 Å². The molecule has 6 heteroatoms. The molecule has 0 aromatic carbocycles. The van der Waals surface area contributed by atoms with Gasteiger partial charge in [0.05, 0.1) is 12.2 Å². The van der Waals surface area contributed by atoms with Crippen LogP contribution in [0.25, 0.3) is 0 Å². The molecule has 0 aliphatic heterocycles. The molecule has 1 fully saturated rings. The predicted molar refractivity (Wildman–Crippen MR) is 149 cm³/mol. The van der Waals surface area contributed by atoms with E-state index in [2.05, 4.69) is 86.9 Å². The smallest absolute Gasteiger partial charge is 0.200 e. The van der Waals surface area contributed by atoms with Gasteiger partial charge in [0.2, 0.25) is 8.32 Å². The molecule has 33 heavy (non-hydrogen) atoms. The Morgan fingerprint density at radius 3 is 2.00 bits per heavy atom. The largest absolute Gasteiger partial charge is 0.417 e. The summed E-state index contributed by atoms with van der Waals surface area (Å²) in [6.45, 7) is 26.9. The van der Waals surface area contributed by atoms with Gasteiger partial charge in [0.1, 0.15) is 0 Å². The molecule has 2 rings (SSSR count). The number of hydrogen-bond donors (Lipinski definition) is 1. The van der Waals surface area contributed by atoms with Crippen molar-refractivity contribution in [1.29, 1.82) is 0 Å². The second-order valence-electron chi connectivity index (χ2n) is 12.8. The van der Waals surface area contributed by atoms with Crippen LogP contribution in [0.3, 0.4) is 0 Å². The third-order valence-corrected chi connectivity index (χ3v) is 20.1. The Morgan fingerprint density at radius 1 is 1.00 bits per heavy atom. The lowest BCUT2D eigenvalue weighted by atomic mass is 9.86. The molecule has 1 heterocycles. The lowest BCUT2D eigenvalue weighted by Crippen LogP contribution is -2.47. The number of aliphatic hydroxyl groups is 1. The zero-order valence-electron chi connectivity index (χ0n) is 23.4. The Morgan fingerprint density at radius 2 is 1.55 bits per heavy atom. The highest BCUT2D eigenvalue weighted by atomic mass is 32.1. The molecule has 1 N–H and O–H groups in total. The topological polar surface area (TPSA) is 38.7 Å². The van der Waals surface area contributed by atoms with Crippen molar-refractivity contribution in [3.05, 3.63) is 21.9 Å². The Hall–Kier alpha value is 0.0138. The molecule has 1 aliphatic carbocycles. The molecule has 0 amide bonds. The second kappa shape index (κ2) is 11.0. The molecule has 192 valence electrons. The minimum Gasteiger partial charge on any atom is -0.417 e. The van der Waals surface area contributed by atoms with Crippen LogP contribution in [0.15, 0.2) is 11.4 Å². The third-order valence-electron chi connectivity index (χ3n) is 8.55. The van der Waals surface area contributed by atoms with Crippen LogP contribution in [0.4, 0.5) is 0 Å². The molecule has 1 aliphatic rings. The van der Waals surface area contributed by atoms with Gasteiger partial charge in [-0.1, -0.05) is 62.3 Å². The van der Waals surface area contributed by atoms with Gasteiger partial charge < -0.3 is 14.0 Å². The average Bonchev–Trinajstić information content (AvgIpc) is 3.43. The van der Waals surface area contributed by atoms with E-state index in [9.17, 15) is 5.11 Å². The summed E-state index contributed by atoms with van der Waals surface area (Å²) in [7, 11) is -3.62. The summed E-state index contributed by atoms with van der Waals surface area (Å²) >= 11 is 1.76. The highest BCUT2D eigenvalue weighted by Gasteiger charge is 2.47. The third kappa shape index (κ3) is 6.62. The van der Waals surface area contributed by atoms with Crippen molar-refractivity contribution < 1.29 is 14.0 Å². The summed E-state index contributed by atoms with van der Waals surface area (Å²) in [6.07, 6.45) is 3.95. The molecule has 0 bridgehead atoms. The quantitative estimate of drug-likeness (QED) is 0.212. The molecule has 0 spiro atoms. The number of rotatable bonds is 13. The van der Waals surface area contributed by atoms with Crippen LogP contribution >= 0.6 is 11.3 Å². The van der Waals surface area contributed by atoms with Gasteiger partial charge in [0.15, 0.2) is 8.32 Å². The van der Waals surface area contributed by atoms with E-state index >= 15 is 0 Å².